The van der Waals surface area contributed by atoms with Crippen molar-refractivity contribution in [2.75, 3.05) is 6.54 Å². The van der Waals surface area contributed by atoms with E-state index in [2.05, 4.69) is 16.3 Å². The molecule has 0 atom stereocenters. The number of carbonyl (C=O) groups excluding carboxylic acids is 1. The minimum atomic E-state index is -0.317. The van der Waals surface area contributed by atoms with Crippen molar-refractivity contribution in [3.63, 3.8) is 0 Å². The van der Waals surface area contributed by atoms with Gasteiger partial charge in [0.2, 0.25) is 0 Å². The van der Waals surface area contributed by atoms with Crippen molar-refractivity contribution in [3.05, 3.63) is 46.7 Å². The lowest BCUT2D eigenvalue weighted by Crippen LogP contribution is -2.24. The molecule has 0 spiro atoms. The fourth-order valence-corrected chi connectivity index (χ4v) is 2.07. The van der Waals surface area contributed by atoms with Gasteiger partial charge in [-0.1, -0.05) is 35.7 Å². The van der Waals surface area contributed by atoms with E-state index < -0.39 is 0 Å². The number of carbonyl (C=O) groups is 1. The summed E-state index contributed by atoms with van der Waals surface area (Å²) in [5.74, 6) is 2.03. The van der Waals surface area contributed by atoms with Gasteiger partial charge in [0.05, 0.1) is 23.5 Å². The highest BCUT2D eigenvalue weighted by Crippen LogP contribution is 2.23. The fraction of sp³-hybridized carbons (Fsp3) is 0.143. The van der Waals surface area contributed by atoms with Crippen molar-refractivity contribution in [1.82, 2.24) is 15.1 Å². The molecule has 19 heavy (non-hydrogen) atoms. The lowest BCUT2D eigenvalue weighted by atomic mass is 10.2. The fourth-order valence-electron chi connectivity index (χ4n) is 1.72. The van der Waals surface area contributed by atoms with Crippen LogP contribution in [-0.4, -0.2) is 22.2 Å². The van der Waals surface area contributed by atoms with Gasteiger partial charge in [-0.25, -0.2) is 4.68 Å². The molecule has 5 heteroatoms. The van der Waals surface area contributed by atoms with Gasteiger partial charge in [-0.3, -0.25) is 4.79 Å². The number of terminal acetylenes is 1. The number of aromatic nitrogens is 2. The normalized spacial score (nSPS) is 9.95. The summed E-state index contributed by atoms with van der Waals surface area (Å²) in [6.07, 6.45) is 5.11. The minimum absolute atomic E-state index is 0.158. The van der Waals surface area contributed by atoms with Gasteiger partial charge in [-0.05, 0) is 19.1 Å². The molecule has 1 amide bonds. The smallest absolute Gasteiger partial charge is 0.257 e. The van der Waals surface area contributed by atoms with Gasteiger partial charge < -0.3 is 5.32 Å². The first-order valence-electron chi connectivity index (χ1n) is 5.67. The molecule has 0 radical (unpaired) electrons. The highest BCUT2D eigenvalue weighted by Gasteiger charge is 2.20. The Kier molecular flexibility index (Phi) is 3.88. The third-order valence-electron chi connectivity index (χ3n) is 2.58. The number of para-hydroxylation sites is 1. The SMILES string of the molecule is C#CCNC(=O)c1c(C)nn(-c2ccccc2)c1Cl. The van der Waals surface area contributed by atoms with Crippen LogP contribution >= 0.6 is 11.6 Å². The standard InChI is InChI=1S/C14H12ClN3O/c1-3-9-16-14(19)12-10(2)17-18(13(12)15)11-7-5-4-6-8-11/h1,4-8H,9H2,2H3,(H,16,19). The summed E-state index contributed by atoms with van der Waals surface area (Å²) in [7, 11) is 0. The number of aryl methyl sites for hydroxylation is 1. The van der Waals surface area contributed by atoms with Crippen molar-refractivity contribution >= 4 is 17.5 Å². The first-order chi connectivity index (χ1) is 9.15. The van der Waals surface area contributed by atoms with Crippen LogP contribution in [-0.2, 0) is 0 Å². The van der Waals surface area contributed by atoms with Crippen molar-refractivity contribution in [2.45, 2.75) is 6.92 Å². The van der Waals surface area contributed by atoms with E-state index in [4.69, 9.17) is 18.0 Å². The van der Waals surface area contributed by atoms with E-state index in [-0.39, 0.29) is 17.6 Å². The molecule has 1 aromatic heterocycles. The molecular formula is C14H12ClN3O. The zero-order valence-electron chi connectivity index (χ0n) is 10.4. The van der Waals surface area contributed by atoms with E-state index in [9.17, 15) is 4.79 Å². The second-order valence-electron chi connectivity index (χ2n) is 3.89. The molecular weight excluding hydrogens is 262 g/mol. The maximum absolute atomic E-state index is 11.9. The van der Waals surface area contributed by atoms with Gasteiger partial charge in [-0.2, -0.15) is 5.10 Å². The Labute approximate surface area is 116 Å². The predicted octanol–water partition coefficient (Wildman–Crippen LogP) is 2.20. The average Bonchev–Trinajstić information content (AvgIpc) is 2.72. The molecule has 0 saturated heterocycles. The summed E-state index contributed by atoms with van der Waals surface area (Å²) in [5, 5.41) is 7.14. The summed E-state index contributed by atoms with van der Waals surface area (Å²) >= 11 is 6.23. The number of benzene rings is 1. The Bertz CT molecular complexity index is 641. The molecule has 1 N–H and O–H groups in total. The molecule has 0 aliphatic carbocycles. The number of nitrogens with one attached hydrogen (secondary N) is 1. The van der Waals surface area contributed by atoms with Gasteiger partial charge in [0.15, 0.2) is 0 Å². The monoisotopic (exact) mass is 273 g/mol. The lowest BCUT2D eigenvalue weighted by Gasteiger charge is -2.03. The molecule has 2 aromatic rings. The van der Waals surface area contributed by atoms with Crippen LogP contribution in [0.1, 0.15) is 16.1 Å². The number of amides is 1. The van der Waals surface area contributed by atoms with Gasteiger partial charge in [-0.15, -0.1) is 6.42 Å². The van der Waals surface area contributed by atoms with Crippen molar-refractivity contribution in [1.29, 1.82) is 0 Å². The van der Waals surface area contributed by atoms with Crippen LogP contribution < -0.4 is 5.32 Å². The maximum Gasteiger partial charge on any atom is 0.257 e. The van der Waals surface area contributed by atoms with Crippen LogP contribution in [0.5, 0.6) is 0 Å². The average molecular weight is 274 g/mol. The lowest BCUT2D eigenvalue weighted by molar-refractivity contribution is 0.0958. The molecule has 1 aromatic carbocycles. The Morgan fingerprint density at radius 1 is 1.47 bits per heavy atom. The van der Waals surface area contributed by atoms with E-state index in [1.54, 1.807) is 6.92 Å². The molecule has 4 nitrogen and oxygen atoms in total. The van der Waals surface area contributed by atoms with Crippen molar-refractivity contribution in [3.8, 4) is 18.0 Å². The van der Waals surface area contributed by atoms with E-state index in [0.717, 1.165) is 5.69 Å². The van der Waals surface area contributed by atoms with E-state index in [1.165, 1.54) is 4.68 Å². The largest absolute Gasteiger partial charge is 0.341 e. The summed E-state index contributed by atoms with van der Waals surface area (Å²) in [6.45, 7) is 1.89. The Morgan fingerprint density at radius 2 is 2.16 bits per heavy atom. The first-order valence-corrected chi connectivity index (χ1v) is 6.05. The zero-order chi connectivity index (χ0) is 13.8. The Balaban J connectivity index is 2.41. The third-order valence-corrected chi connectivity index (χ3v) is 2.93. The number of hydrogen-bond donors (Lipinski definition) is 1. The van der Waals surface area contributed by atoms with Crippen LogP contribution in [0, 0.1) is 19.3 Å². The predicted molar refractivity (Wildman–Crippen MR) is 74.5 cm³/mol. The second-order valence-corrected chi connectivity index (χ2v) is 4.24. The molecule has 0 fully saturated rings. The number of hydrogen-bond acceptors (Lipinski definition) is 2. The number of nitrogens with zero attached hydrogens (tertiary/aromatic N) is 2. The number of rotatable bonds is 3. The summed E-state index contributed by atoms with van der Waals surface area (Å²) < 4.78 is 1.53. The Hall–Kier alpha value is -2.25. The number of halogens is 1. The van der Waals surface area contributed by atoms with Crippen LogP contribution in [0.4, 0.5) is 0 Å². The topological polar surface area (TPSA) is 46.9 Å². The zero-order valence-corrected chi connectivity index (χ0v) is 11.1. The quantitative estimate of drug-likeness (QED) is 0.872. The highest BCUT2D eigenvalue weighted by atomic mass is 35.5. The third kappa shape index (κ3) is 2.61. The summed E-state index contributed by atoms with van der Waals surface area (Å²) in [5.41, 5.74) is 1.70. The second kappa shape index (κ2) is 5.59. The van der Waals surface area contributed by atoms with Crippen molar-refractivity contribution < 1.29 is 4.79 Å². The summed E-state index contributed by atoms with van der Waals surface area (Å²) in [6, 6.07) is 9.37. The highest BCUT2D eigenvalue weighted by molar-refractivity contribution is 6.33. The van der Waals surface area contributed by atoms with Gasteiger partial charge >= 0.3 is 0 Å². The molecule has 0 aliphatic heterocycles. The van der Waals surface area contributed by atoms with Crippen molar-refractivity contribution in [2.24, 2.45) is 0 Å². The van der Waals surface area contributed by atoms with Crippen LogP contribution in [0.2, 0.25) is 5.15 Å². The van der Waals surface area contributed by atoms with Gasteiger partial charge in [0.25, 0.3) is 5.91 Å². The van der Waals surface area contributed by atoms with Crippen LogP contribution in [0.25, 0.3) is 5.69 Å². The summed E-state index contributed by atoms with van der Waals surface area (Å²) in [4.78, 5) is 11.9. The maximum atomic E-state index is 11.9. The minimum Gasteiger partial charge on any atom is -0.341 e. The van der Waals surface area contributed by atoms with Gasteiger partial charge in [0, 0.05) is 0 Å². The van der Waals surface area contributed by atoms with Gasteiger partial charge in [0.1, 0.15) is 5.15 Å². The van der Waals surface area contributed by atoms with E-state index in [0.29, 0.717) is 11.3 Å². The molecule has 2 rings (SSSR count). The molecule has 0 unspecified atom stereocenters. The first kappa shape index (κ1) is 13.2. The molecule has 0 aliphatic rings. The molecule has 96 valence electrons. The molecule has 0 saturated carbocycles. The Morgan fingerprint density at radius 3 is 2.79 bits per heavy atom. The van der Waals surface area contributed by atoms with Crippen LogP contribution in [0.3, 0.4) is 0 Å². The molecule has 1 heterocycles. The van der Waals surface area contributed by atoms with Crippen LogP contribution in [0.15, 0.2) is 30.3 Å². The molecule has 0 bridgehead atoms. The van der Waals surface area contributed by atoms with E-state index in [1.807, 2.05) is 30.3 Å². The van der Waals surface area contributed by atoms with E-state index >= 15 is 0 Å².